The van der Waals surface area contributed by atoms with Gasteiger partial charge < -0.3 is 14.7 Å². The van der Waals surface area contributed by atoms with Gasteiger partial charge in [-0.05, 0) is 51.2 Å². The number of carbonyl (C=O) groups is 1. The van der Waals surface area contributed by atoms with Crippen LogP contribution >= 0.6 is 11.3 Å². The van der Waals surface area contributed by atoms with E-state index in [2.05, 4.69) is 41.2 Å². The number of benzene rings is 1. The highest BCUT2D eigenvalue weighted by atomic mass is 32.1. The van der Waals surface area contributed by atoms with E-state index in [0.29, 0.717) is 6.54 Å². The molecule has 0 fully saturated rings. The van der Waals surface area contributed by atoms with E-state index in [9.17, 15) is 4.79 Å². The SMILES string of the molecule is Cc1cc2c(cc1C)N(C)c1cscc1C(=O)N2CCN(C)C. The molecule has 0 bridgehead atoms. The Morgan fingerprint density at radius 2 is 1.70 bits per heavy atom. The highest BCUT2D eigenvalue weighted by Crippen LogP contribution is 2.42. The van der Waals surface area contributed by atoms with Crippen LogP contribution in [0.4, 0.5) is 17.1 Å². The Morgan fingerprint density at radius 1 is 1.04 bits per heavy atom. The van der Waals surface area contributed by atoms with Gasteiger partial charge in [0.05, 0.1) is 22.6 Å². The molecule has 2 heterocycles. The van der Waals surface area contributed by atoms with Gasteiger partial charge in [0.2, 0.25) is 0 Å². The summed E-state index contributed by atoms with van der Waals surface area (Å²) < 4.78 is 0. The first-order chi connectivity index (χ1) is 10.9. The molecule has 0 unspecified atom stereocenters. The summed E-state index contributed by atoms with van der Waals surface area (Å²) in [5.41, 5.74) is 6.35. The fourth-order valence-electron chi connectivity index (χ4n) is 2.89. The number of fused-ring (bicyclic) bond motifs is 2. The number of rotatable bonds is 3. The third-order valence-corrected chi connectivity index (χ3v) is 5.22. The van der Waals surface area contributed by atoms with E-state index in [1.54, 1.807) is 11.3 Å². The van der Waals surface area contributed by atoms with Gasteiger partial charge in [-0.1, -0.05) is 0 Å². The molecule has 3 rings (SSSR count). The van der Waals surface area contributed by atoms with E-state index in [0.717, 1.165) is 29.2 Å². The molecule has 0 saturated carbocycles. The van der Waals surface area contributed by atoms with Gasteiger partial charge >= 0.3 is 0 Å². The summed E-state index contributed by atoms with van der Waals surface area (Å²) in [7, 11) is 6.11. The minimum atomic E-state index is 0.0944. The molecule has 0 aliphatic carbocycles. The van der Waals surface area contributed by atoms with Gasteiger partial charge in [-0.25, -0.2) is 0 Å². The molecule has 0 atom stereocenters. The molecule has 2 aromatic rings. The molecule has 0 saturated heterocycles. The number of nitrogens with zero attached hydrogens (tertiary/aromatic N) is 3. The predicted octanol–water partition coefficient (Wildman–Crippen LogP) is 3.65. The number of hydrogen-bond donors (Lipinski definition) is 0. The van der Waals surface area contributed by atoms with Crippen molar-refractivity contribution in [1.82, 2.24) is 4.90 Å². The van der Waals surface area contributed by atoms with Crippen LogP contribution in [0, 0.1) is 13.8 Å². The molecule has 0 N–H and O–H groups in total. The summed E-state index contributed by atoms with van der Waals surface area (Å²) >= 11 is 1.58. The fourth-order valence-corrected chi connectivity index (χ4v) is 3.73. The third kappa shape index (κ3) is 2.75. The van der Waals surface area contributed by atoms with E-state index in [1.165, 1.54) is 11.1 Å². The smallest absolute Gasteiger partial charge is 0.261 e. The zero-order chi connectivity index (χ0) is 16.7. The first kappa shape index (κ1) is 16.0. The van der Waals surface area contributed by atoms with Gasteiger partial charge in [0.25, 0.3) is 5.91 Å². The lowest BCUT2D eigenvalue weighted by Crippen LogP contribution is -2.36. The van der Waals surface area contributed by atoms with Gasteiger partial charge in [-0.3, -0.25) is 4.79 Å². The van der Waals surface area contributed by atoms with E-state index >= 15 is 0 Å². The topological polar surface area (TPSA) is 26.8 Å². The van der Waals surface area contributed by atoms with Gasteiger partial charge in [0.1, 0.15) is 0 Å². The molecule has 4 nitrogen and oxygen atoms in total. The van der Waals surface area contributed by atoms with Crippen LogP contribution in [0.1, 0.15) is 21.5 Å². The number of thiophene rings is 1. The van der Waals surface area contributed by atoms with Crippen LogP contribution in [0.15, 0.2) is 22.9 Å². The van der Waals surface area contributed by atoms with Gasteiger partial charge in [-0.15, -0.1) is 11.3 Å². The lowest BCUT2D eigenvalue weighted by molar-refractivity contribution is 0.0987. The molecule has 5 heteroatoms. The Bertz CT molecular complexity index is 751. The van der Waals surface area contributed by atoms with Crippen molar-refractivity contribution in [3.05, 3.63) is 39.6 Å². The van der Waals surface area contributed by atoms with Crippen LogP contribution < -0.4 is 9.80 Å². The number of likely N-dealkylation sites (N-methyl/N-ethyl adjacent to an activating group) is 1. The van der Waals surface area contributed by atoms with Crippen molar-refractivity contribution in [3.8, 4) is 0 Å². The maximum absolute atomic E-state index is 13.1. The van der Waals surface area contributed by atoms with Crippen LogP contribution in [0.3, 0.4) is 0 Å². The molecule has 122 valence electrons. The highest BCUT2D eigenvalue weighted by Gasteiger charge is 2.30. The van der Waals surface area contributed by atoms with Gasteiger partial charge in [0.15, 0.2) is 0 Å². The minimum Gasteiger partial charge on any atom is -0.342 e. The number of hydrogen-bond acceptors (Lipinski definition) is 4. The van der Waals surface area contributed by atoms with E-state index in [1.807, 2.05) is 31.4 Å². The average molecular weight is 329 g/mol. The highest BCUT2D eigenvalue weighted by molar-refractivity contribution is 7.08. The Labute approximate surface area is 141 Å². The lowest BCUT2D eigenvalue weighted by atomic mass is 10.1. The van der Waals surface area contributed by atoms with Crippen LogP contribution in [0.5, 0.6) is 0 Å². The second-order valence-electron chi connectivity index (χ2n) is 6.41. The zero-order valence-electron chi connectivity index (χ0n) is 14.4. The normalized spacial score (nSPS) is 14.1. The van der Waals surface area contributed by atoms with Crippen LogP contribution in [-0.4, -0.2) is 45.0 Å². The summed E-state index contributed by atoms with van der Waals surface area (Å²) in [4.78, 5) is 19.3. The lowest BCUT2D eigenvalue weighted by Gasteiger charge is -2.27. The summed E-state index contributed by atoms with van der Waals surface area (Å²) in [6.45, 7) is 5.74. The first-order valence-corrected chi connectivity index (χ1v) is 8.72. The van der Waals surface area contributed by atoms with E-state index < -0.39 is 0 Å². The Kier molecular flexibility index (Phi) is 4.17. The van der Waals surface area contributed by atoms with Crippen molar-refractivity contribution >= 4 is 34.3 Å². The standard InChI is InChI=1S/C18H23N3OS/c1-12-8-15-16(9-13(12)2)21(7-6-19(3)4)18(22)14-10-23-11-17(14)20(15)5/h8-11H,6-7H2,1-5H3. The molecule has 1 aliphatic rings. The van der Waals surface area contributed by atoms with E-state index in [-0.39, 0.29) is 5.91 Å². The molecule has 1 aliphatic heterocycles. The fraction of sp³-hybridized carbons (Fsp3) is 0.389. The van der Waals surface area contributed by atoms with Crippen molar-refractivity contribution in [1.29, 1.82) is 0 Å². The van der Waals surface area contributed by atoms with Crippen molar-refractivity contribution < 1.29 is 4.79 Å². The van der Waals surface area contributed by atoms with Gasteiger partial charge in [0, 0.05) is 30.9 Å². The summed E-state index contributed by atoms with van der Waals surface area (Å²) in [5, 5.41) is 4.02. The van der Waals surface area contributed by atoms with Crippen molar-refractivity contribution in [2.75, 3.05) is 44.0 Å². The number of amides is 1. The molecule has 1 aromatic carbocycles. The van der Waals surface area contributed by atoms with Crippen LogP contribution in [-0.2, 0) is 0 Å². The molecular formula is C18H23N3OS. The molecule has 1 amide bonds. The Morgan fingerprint density at radius 3 is 2.35 bits per heavy atom. The summed E-state index contributed by atoms with van der Waals surface area (Å²) in [6, 6.07) is 4.33. The largest absolute Gasteiger partial charge is 0.342 e. The molecular weight excluding hydrogens is 306 g/mol. The predicted molar refractivity (Wildman–Crippen MR) is 98.5 cm³/mol. The minimum absolute atomic E-state index is 0.0944. The Balaban J connectivity index is 2.17. The first-order valence-electron chi connectivity index (χ1n) is 7.78. The molecule has 0 radical (unpaired) electrons. The van der Waals surface area contributed by atoms with Gasteiger partial charge in [-0.2, -0.15) is 0 Å². The maximum atomic E-state index is 13.1. The Hall–Kier alpha value is -1.85. The third-order valence-electron chi connectivity index (χ3n) is 4.49. The molecule has 23 heavy (non-hydrogen) atoms. The number of anilines is 3. The molecule has 1 aromatic heterocycles. The van der Waals surface area contributed by atoms with Crippen LogP contribution in [0.2, 0.25) is 0 Å². The van der Waals surface area contributed by atoms with Crippen molar-refractivity contribution in [3.63, 3.8) is 0 Å². The number of carbonyl (C=O) groups excluding carboxylic acids is 1. The molecule has 0 spiro atoms. The zero-order valence-corrected chi connectivity index (χ0v) is 15.2. The van der Waals surface area contributed by atoms with E-state index in [4.69, 9.17) is 0 Å². The summed E-state index contributed by atoms with van der Waals surface area (Å²) in [5.74, 6) is 0.0944. The maximum Gasteiger partial charge on any atom is 0.261 e. The van der Waals surface area contributed by atoms with Crippen molar-refractivity contribution in [2.24, 2.45) is 0 Å². The quantitative estimate of drug-likeness (QED) is 0.860. The number of aryl methyl sites for hydroxylation is 2. The second-order valence-corrected chi connectivity index (χ2v) is 7.16. The average Bonchev–Trinajstić information content (AvgIpc) is 2.96. The van der Waals surface area contributed by atoms with Crippen LogP contribution in [0.25, 0.3) is 0 Å². The second kappa shape index (κ2) is 5.98. The monoisotopic (exact) mass is 329 g/mol. The van der Waals surface area contributed by atoms with Crippen molar-refractivity contribution in [2.45, 2.75) is 13.8 Å². The summed E-state index contributed by atoms with van der Waals surface area (Å²) in [6.07, 6.45) is 0.